The first-order chi connectivity index (χ1) is 6.72. The number of nitrogens with one attached hydrogen (secondary N) is 1. The van der Waals surface area contributed by atoms with Crippen LogP contribution in [0.1, 0.15) is 32.6 Å². The number of likely N-dealkylation sites (N-methyl/N-ethyl adjacent to an activating group) is 1. The van der Waals surface area contributed by atoms with Gasteiger partial charge in [0.15, 0.2) is 0 Å². The molecule has 1 rings (SSSR count). The van der Waals surface area contributed by atoms with Crippen molar-refractivity contribution in [1.82, 2.24) is 10.2 Å². The molecule has 3 nitrogen and oxygen atoms in total. The Hall–Kier alpha value is -0.120. The number of likely N-dealkylation sites (tertiary alicyclic amines) is 1. The van der Waals surface area contributed by atoms with Crippen LogP contribution in [0.15, 0.2) is 0 Å². The van der Waals surface area contributed by atoms with Crippen LogP contribution >= 0.6 is 0 Å². The molecular formula is C11H24N2O. The summed E-state index contributed by atoms with van der Waals surface area (Å²) in [6.45, 7) is 5.82. The molecule has 1 fully saturated rings. The first-order valence-corrected chi connectivity index (χ1v) is 5.77. The van der Waals surface area contributed by atoms with Crippen LogP contribution in [0.3, 0.4) is 0 Å². The molecule has 0 aliphatic carbocycles. The summed E-state index contributed by atoms with van der Waals surface area (Å²) < 4.78 is 0. The number of nitrogens with zero attached hydrogens (tertiary/aromatic N) is 1. The van der Waals surface area contributed by atoms with Gasteiger partial charge in [0.2, 0.25) is 0 Å². The van der Waals surface area contributed by atoms with Crippen LogP contribution in [-0.2, 0) is 0 Å². The van der Waals surface area contributed by atoms with E-state index in [4.69, 9.17) is 5.11 Å². The molecular weight excluding hydrogens is 176 g/mol. The fourth-order valence-electron chi connectivity index (χ4n) is 2.40. The van der Waals surface area contributed by atoms with Crippen molar-refractivity contribution < 1.29 is 5.11 Å². The average molecular weight is 200 g/mol. The van der Waals surface area contributed by atoms with Gasteiger partial charge >= 0.3 is 0 Å². The van der Waals surface area contributed by atoms with Gasteiger partial charge in [0, 0.05) is 18.7 Å². The molecule has 0 bridgehead atoms. The molecule has 0 radical (unpaired) electrons. The van der Waals surface area contributed by atoms with Gasteiger partial charge in [-0.05, 0) is 45.8 Å². The van der Waals surface area contributed by atoms with Gasteiger partial charge < -0.3 is 15.3 Å². The van der Waals surface area contributed by atoms with Crippen molar-refractivity contribution in [2.75, 3.05) is 33.3 Å². The third-order valence-electron chi connectivity index (χ3n) is 3.11. The lowest BCUT2D eigenvalue weighted by Gasteiger charge is -2.42. The third-order valence-corrected chi connectivity index (χ3v) is 3.11. The highest BCUT2D eigenvalue weighted by Gasteiger charge is 2.32. The Morgan fingerprint density at radius 2 is 2.29 bits per heavy atom. The second kappa shape index (κ2) is 5.69. The first kappa shape index (κ1) is 12.0. The molecule has 0 aromatic heterocycles. The van der Waals surface area contributed by atoms with Crippen LogP contribution in [-0.4, -0.2) is 48.8 Å². The molecule has 3 heteroatoms. The fraction of sp³-hybridized carbons (Fsp3) is 1.00. The van der Waals surface area contributed by atoms with Crippen LogP contribution in [0.25, 0.3) is 0 Å². The van der Waals surface area contributed by atoms with E-state index >= 15 is 0 Å². The summed E-state index contributed by atoms with van der Waals surface area (Å²) in [5.41, 5.74) is 0.178. The summed E-state index contributed by atoms with van der Waals surface area (Å²) in [7, 11) is 2.17. The van der Waals surface area contributed by atoms with Crippen molar-refractivity contribution in [3.05, 3.63) is 0 Å². The van der Waals surface area contributed by atoms with Crippen LogP contribution in [0.2, 0.25) is 0 Å². The summed E-state index contributed by atoms with van der Waals surface area (Å²) in [5, 5.41) is 12.7. The minimum atomic E-state index is 0.178. The number of aliphatic hydroxyl groups excluding tert-OH is 1. The molecule has 1 saturated heterocycles. The monoisotopic (exact) mass is 200 g/mol. The highest BCUT2D eigenvalue weighted by Crippen LogP contribution is 2.23. The van der Waals surface area contributed by atoms with E-state index in [-0.39, 0.29) is 5.54 Å². The van der Waals surface area contributed by atoms with Crippen molar-refractivity contribution in [3.63, 3.8) is 0 Å². The lowest BCUT2D eigenvalue weighted by atomic mass is 9.86. The van der Waals surface area contributed by atoms with Gasteiger partial charge in [0.05, 0.1) is 0 Å². The second-order valence-electron chi connectivity index (χ2n) is 4.52. The molecule has 0 aromatic rings. The van der Waals surface area contributed by atoms with Crippen molar-refractivity contribution in [2.45, 2.75) is 38.1 Å². The Kier molecular flexibility index (Phi) is 4.85. The highest BCUT2D eigenvalue weighted by atomic mass is 16.3. The van der Waals surface area contributed by atoms with Gasteiger partial charge in [-0.3, -0.25) is 0 Å². The van der Waals surface area contributed by atoms with Crippen molar-refractivity contribution in [1.29, 1.82) is 0 Å². The predicted molar refractivity (Wildman–Crippen MR) is 59.5 cm³/mol. The van der Waals surface area contributed by atoms with Gasteiger partial charge in [0.1, 0.15) is 0 Å². The van der Waals surface area contributed by atoms with Crippen LogP contribution in [0, 0.1) is 0 Å². The van der Waals surface area contributed by atoms with E-state index in [1.165, 1.54) is 19.4 Å². The second-order valence-corrected chi connectivity index (χ2v) is 4.52. The largest absolute Gasteiger partial charge is 0.396 e. The number of piperidine rings is 1. The van der Waals surface area contributed by atoms with Gasteiger partial charge in [0.25, 0.3) is 0 Å². The van der Waals surface area contributed by atoms with Gasteiger partial charge in [-0.25, -0.2) is 0 Å². The normalized spacial score (nSPS) is 29.4. The quantitative estimate of drug-likeness (QED) is 0.690. The van der Waals surface area contributed by atoms with E-state index < -0.39 is 0 Å². The van der Waals surface area contributed by atoms with E-state index in [9.17, 15) is 0 Å². The van der Waals surface area contributed by atoms with Crippen molar-refractivity contribution in [2.24, 2.45) is 0 Å². The maximum absolute atomic E-state index is 9.11. The van der Waals surface area contributed by atoms with E-state index in [2.05, 4.69) is 24.2 Å². The maximum atomic E-state index is 9.11. The van der Waals surface area contributed by atoms with E-state index in [1.54, 1.807) is 0 Å². The molecule has 84 valence electrons. The summed E-state index contributed by atoms with van der Waals surface area (Å²) in [5.74, 6) is 0. The topological polar surface area (TPSA) is 35.5 Å². The Morgan fingerprint density at radius 3 is 2.86 bits per heavy atom. The molecule has 0 amide bonds. The van der Waals surface area contributed by atoms with Gasteiger partial charge in [-0.15, -0.1) is 0 Å². The van der Waals surface area contributed by atoms with Crippen LogP contribution < -0.4 is 5.32 Å². The Morgan fingerprint density at radius 1 is 1.50 bits per heavy atom. The summed E-state index contributed by atoms with van der Waals surface area (Å²) in [6.07, 6.45) is 4.50. The maximum Gasteiger partial charge on any atom is 0.0449 e. The molecule has 1 aliphatic rings. The molecule has 0 aromatic carbocycles. The molecule has 1 unspecified atom stereocenters. The highest BCUT2D eigenvalue weighted by molar-refractivity contribution is 4.93. The van der Waals surface area contributed by atoms with E-state index in [0.29, 0.717) is 6.61 Å². The Bertz CT molecular complexity index is 159. The zero-order valence-electron chi connectivity index (χ0n) is 9.55. The SMILES string of the molecule is CCCNC1(CCO)CCCN(C)C1. The summed E-state index contributed by atoms with van der Waals surface area (Å²) >= 11 is 0. The number of hydrogen-bond acceptors (Lipinski definition) is 3. The Balaban J connectivity index is 2.50. The zero-order valence-corrected chi connectivity index (χ0v) is 9.55. The zero-order chi connectivity index (χ0) is 10.4. The fourth-order valence-corrected chi connectivity index (χ4v) is 2.40. The number of aliphatic hydroxyl groups is 1. The number of hydrogen-bond donors (Lipinski definition) is 2. The molecule has 0 saturated carbocycles. The van der Waals surface area contributed by atoms with E-state index in [0.717, 1.165) is 25.9 Å². The molecule has 1 aliphatic heterocycles. The molecule has 2 N–H and O–H groups in total. The van der Waals surface area contributed by atoms with Crippen LogP contribution in [0.5, 0.6) is 0 Å². The van der Waals surface area contributed by atoms with Gasteiger partial charge in [-0.2, -0.15) is 0 Å². The van der Waals surface area contributed by atoms with E-state index in [1.807, 2.05) is 0 Å². The minimum Gasteiger partial charge on any atom is -0.396 e. The van der Waals surface area contributed by atoms with Gasteiger partial charge in [-0.1, -0.05) is 6.92 Å². The molecule has 1 atom stereocenters. The lowest BCUT2D eigenvalue weighted by Crippen LogP contribution is -2.56. The van der Waals surface area contributed by atoms with Crippen LogP contribution in [0.4, 0.5) is 0 Å². The first-order valence-electron chi connectivity index (χ1n) is 5.77. The predicted octanol–water partition coefficient (Wildman–Crippen LogP) is 0.833. The minimum absolute atomic E-state index is 0.178. The molecule has 1 heterocycles. The standard InChI is InChI=1S/C11H24N2O/c1-3-7-12-11(6-9-14)5-4-8-13(2)10-11/h12,14H,3-10H2,1-2H3. The summed E-state index contributed by atoms with van der Waals surface area (Å²) in [4.78, 5) is 2.36. The average Bonchev–Trinajstić information content (AvgIpc) is 2.15. The van der Waals surface area contributed by atoms with Crippen molar-refractivity contribution >= 4 is 0 Å². The molecule has 14 heavy (non-hydrogen) atoms. The number of rotatable bonds is 5. The Labute approximate surface area is 87.5 Å². The van der Waals surface area contributed by atoms with Crippen molar-refractivity contribution in [3.8, 4) is 0 Å². The summed E-state index contributed by atoms with van der Waals surface area (Å²) in [6, 6.07) is 0. The lowest BCUT2D eigenvalue weighted by molar-refractivity contribution is 0.113. The third kappa shape index (κ3) is 3.23. The smallest absolute Gasteiger partial charge is 0.0449 e. The molecule has 0 spiro atoms.